The first-order valence-corrected chi connectivity index (χ1v) is 30.0. The van der Waals surface area contributed by atoms with Crippen LogP contribution in [0, 0.1) is 0 Å². The Morgan fingerprint density at radius 3 is 1.45 bits per heavy atom. The van der Waals surface area contributed by atoms with Gasteiger partial charge in [-0.15, -0.1) is 0 Å². The number of anilines is 2. The van der Waals surface area contributed by atoms with Crippen LogP contribution in [0.4, 0.5) is 11.4 Å². The molecule has 0 unspecified atom stereocenters. The summed E-state index contributed by atoms with van der Waals surface area (Å²) in [7, 11) is -2.66. The largest absolute Gasteiger partial charge is 0.317 e. The van der Waals surface area contributed by atoms with E-state index in [1.165, 1.54) is 70.0 Å². The zero-order valence-corrected chi connectivity index (χ0v) is 46.4. The number of para-hydroxylation sites is 3. The summed E-state index contributed by atoms with van der Waals surface area (Å²) in [5, 5.41) is 13.5. The van der Waals surface area contributed by atoms with Crippen LogP contribution >= 0.6 is 0 Å². The van der Waals surface area contributed by atoms with Crippen LogP contribution in [0.1, 0.15) is 5.56 Å². The van der Waals surface area contributed by atoms with Crippen molar-refractivity contribution in [1.29, 1.82) is 0 Å². The van der Waals surface area contributed by atoms with Gasteiger partial charge in [-0.25, -0.2) is 0 Å². The molecule has 82 heavy (non-hydrogen) atoms. The first-order valence-electron chi connectivity index (χ1n) is 28.0. The molecule has 0 aliphatic rings. The molecule has 4 heteroatoms. The lowest BCUT2D eigenvalue weighted by molar-refractivity contribution is 1.18. The standard InChI is InChI=1S/C78H57N3Si/c1-4-23-69-55(3)80-75-35-20-19-34-71(75)74-54-61(53-73(69)78(74)80)56(5-2)24-22-51-79(63-46-39-59(40-47-63)60-43-50-77-72(52-60)70-33-18-21-36-76(70)81(77)64-25-10-6-11-26-64)62-44-37-57(38-45-62)58-41-48-68(49-42-58)82(65-27-12-7-13-28-65,66-29-14-8-15-30-66)67-31-16-9-17-32-67/h4-54H,1-3H2. The summed E-state index contributed by atoms with van der Waals surface area (Å²) >= 11 is 0. The number of allylic oxidation sites excluding steroid dienone is 5. The van der Waals surface area contributed by atoms with Crippen LogP contribution in [0.15, 0.2) is 317 Å². The molecule has 3 heterocycles. The Balaban J connectivity index is 0.844. The minimum Gasteiger partial charge on any atom is -0.317 e. The molecule has 0 bridgehead atoms. The molecular weight excluding hydrogens is 1010 g/mol. The second-order valence-corrected chi connectivity index (χ2v) is 24.8. The fourth-order valence-electron chi connectivity index (χ4n) is 12.8. The summed E-state index contributed by atoms with van der Waals surface area (Å²) < 4.78 is 4.66. The number of rotatable bonds is 14. The minimum absolute atomic E-state index is 0.959. The number of fused-ring (bicyclic) bond motifs is 6. The summed E-state index contributed by atoms with van der Waals surface area (Å²) in [5.74, 6) is 0. The molecule has 0 fully saturated rings. The molecule has 0 aliphatic heterocycles. The quantitative estimate of drug-likeness (QED) is 0.0601. The SMILES string of the molecule is C=CC=c1c(=C)n2c3ccccc3c3cc(C(C=C)=CC=CN(c4ccc(-c5ccc([Si](c6ccccc6)(c6ccccc6)c6ccccc6)cc5)cc4)c4ccc(-c5ccc6c(c5)c5ccccc5n6-c5ccccc5)cc4)cc1c32. The van der Waals surface area contributed by atoms with Gasteiger partial charge in [0.25, 0.3) is 0 Å². The van der Waals surface area contributed by atoms with Crippen LogP contribution in [-0.4, -0.2) is 17.0 Å². The Morgan fingerprint density at radius 2 is 0.878 bits per heavy atom. The number of hydrogen-bond acceptors (Lipinski definition) is 1. The Hall–Kier alpha value is -10.5. The van der Waals surface area contributed by atoms with Gasteiger partial charge in [0.05, 0.1) is 22.1 Å². The zero-order valence-electron chi connectivity index (χ0n) is 45.4. The lowest BCUT2D eigenvalue weighted by Crippen LogP contribution is -2.74. The monoisotopic (exact) mass is 1060 g/mol. The fraction of sp³-hybridized carbons (Fsp3) is 0. The number of hydrogen-bond donors (Lipinski definition) is 0. The van der Waals surface area contributed by atoms with Gasteiger partial charge in [-0.3, -0.25) is 0 Å². The van der Waals surface area contributed by atoms with Crippen molar-refractivity contribution >= 4 is 107 Å². The van der Waals surface area contributed by atoms with E-state index in [2.05, 4.69) is 331 Å². The van der Waals surface area contributed by atoms with E-state index in [4.69, 9.17) is 0 Å². The van der Waals surface area contributed by atoms with Crippen molar-refractivity contribution in [3.8, 4) is 27.9 Å². The van der Waals surface area contributed by atoms with E-state index in [0.29, 0.717) is 0 Å². The third-order valence-electron chi connectivity index (χ3n) is 16.6. The zero-order chi connectivity index (χ0) is 55.2. The van der Waals surface area contributed by atoms with Crippen molar-refractivity contribution in [3.05, 3.63) is 333 Å². The lowest BCUT2D eigenvalue weighted by Gasteiger charge is -2.34. The lowest BCUT2D eigenvalue weighted by atomic mass is 9.99. The Morgan fingerprint density at radius 1 is 0.415 bits per heavy atom. The Labute approximate surface area is 479 Å². The van der Waals surface area contributed by atoms with Crippen molar-refractivity contribution in [3.63, 3.8) is 0 Å². The fourth-order valence-corrected chi connectivity index (χ4v) is 17.5. The first-order chi connectivity index (χ1) is 40.5. The number of benzene rings is 11. The second kappa shape index (κ2) is 20.9. The second-order valence-electron chi connectivity index (χ2n) is 21.0. The van der Waals surface area contributed by atoms with E-state index in [9.17, 15) is 0 Å². The van der Waals surface area contributed by atoms with Crippen LogP contribution in [-0.2, 0) is 0 Å². The van der Waals surface area contributed by atoms with Crippen LogP contribution in [0.3, 0.4) is 0 Å². The Bertz CT molecular complexity index is 4770. The van der Waals surface area contributed by atoms with Crippen molar-refractivity contribution in [1.82, 2.24) is 8.97 Å². The normalized spacial score (nSPS) is 12.4. The van der Waals surface area contributed by atoms with Gasteiger partial charge in [-0.05, 0) is 133 Å². The van der Waals surface area contributed by atoms with Crippen molar-refractivity contribution in [2.24, 2.45) is 0 Å². The molecule has 0 saturated carbocycles. The van der Waals surface area contributed by atoms with E-state index < -0.39 is 8.07 Å². The average molecular weight is 1060 g/mol. The third-order valence-corrected chi connectivity index (χ3v) is 21.4. The number of nitrogens with zero attached hydrogens (tertiary/aromatic N) is 3. The molecule has 0 amide bonds. The molecule has 0 radical (unpaired) electrons. The first kappa shape index (κ1) is 49.7. The van der Waals surface area contributed by atoms with Crippen LogP contribution < -0.4 is 36.2 Å². The van der Waals surface area contributed by atoms with E-state index in [-0.39, 0.29) is 0 Å². The molecule has 0 N–H and O–H groups in total. The van der Waals surface area contributed by atoms with Crippen molar-refractivity contribution in [2.75, 3.05) is 4.90 Å². The maximum absolute atomic E-state index is 4.56. The molecule has 14 aromatic rings. The van der Waals surface area contributed by atoms with Gasteiger partial charge in [0.1, 0.15) is 0 Å². The summed E-state index contributed by atoms with van der Waals surface area (Å²) in [6.45, 7) is 13.0. The Kier molecular flexibility index (Phi) is 12.7. The molecule has 3 aromatic heterocycles. The van der Waals surface area contributed by atoms with Crippen molar-refractivity contribution in [2.45, 2.75) is 0 Å². The summed E-state index contributed by atoms with van der Waals surface area (Å²) in [6, 6.07) is 100.0. The predicted octanol–water partition coefficient (Wildman–Crippen LogP) is 15.8. The highest BCUT2D eigenvalue weighted by Crippen LogP contribution is 2.38. The molecule has 0 atom stereocenters. The van der Waals surface area contributed by atoms with Gasteiger partial charge in [0.2, 0.25) is 0 Å². The van der Waals surface area contributed by atoms with E-state index in [1.807, 2.05) is 12.2 Å². The van der Waals surface area contributed by atoms with Gasteiger partial charge in [-0.2, -0.15) is 0 Å². The third kappa shape index (κ3) is 8.35. The summed E-state index contributed by atoms with van der Waals surface area (Å²) in [5.41, 5.74) is 14.7. The van der Waals surface area contributed by atoms with Gasteiger partial charge in [0.15, 0.2) is 8.07 Å². The maximum atomic E-state index is 4.56. The molecular formula is C78H57N3Si. The van der Waals surface area contributed by atoms with Crippen LogP contribution in [0.25, 0.3) is 95.2 Å². The predicted molar refractivity (Wildman–Crippen MR) is 354 cm³/mol. The topological polar surface area (TPSA) is 12.6 Å². The molecule has 388 valence electrons. The van der Waals surface area contributed by atoms with E-state index in [1.54, 1.807) is 0 Å². The summed E-state index contributed by atoms with van der Waals surface area (Å²) in [4.78, 5) is 2.27. The van der Waals surface area contributed by atoms with Gasteiger partial charge < -0.3 is 13.9 Å². The molecule has 0 spiro atoms. The average Bonchev–Trinajstić information content (AvgIpc) is 2.10. The number of aromatic nitrogens is 2. The maximum Gasteiger partial charge on any atom is 0.179 e. The van der Waals surface area contributed by atoms with Crippen LogP contribution in [0.5, 0.6) is 0 Å². The van der Waals surface area contributed by atoms with Gasteiger partial charge >= 0.3 is 0 Å². The molecule has 3 nitrogen and oxygen atoms in total. The summed E-state index contributed by atoms with van der Waals surface area (Å²) in [6.07, 6.45) is 12.4. The molecule has 11 aromatic carbocycles. The smallest absolute Gasteiger partial charge is 0.179 e. The highest BCUT2D eigenvalue weighted by molar-refractivity contribution is 7.19. The highest BCUT2D eigenvalue weighted by atomic mass is 28.3. The van der Waals surface area contributed by atoms with Crippen LogP contribution in [0.2, 0.25) is 0 Å². The van der Waals surface area contributed by atoms with Crippen molar-refractivity contribution < 1.29 is 0 Å². The molecule has 14 rings (SSSR count). The van der Waals surface area contributed by atoms with E-state index >= 15 is 0 Å². The highest BCUT2D eigenvalue weighted by Gasteiger charge is 2.41. The van der Waals surface area contributed by atoms with Gasteiger partial charge in [0, 0.05) is 60.8 Å². The van der Waals surface area contributed by atoms with E-state index in [0.717, 1.165) is 60.8 Å². The van der Waals surface area contributed by atoms with Gasteiger partial charge in [-0.1, -0.05) is 244 Å². The minimum atomic E-state index is -2.66. The molecule has 0 aliphatic carbocycles. The molecule has 0 saturated heterocycles.